The summed E-state index contributed by atoms with van der Waals surface area (Å²) in [5.74, 6) is -0.260. The smallest absolute Gasteiger partial charge is 0.253 e. The molecule has 3 heterocycles. The molecule has 0 bridgehead atoms. The number of carbonyl (C=O) groups excluding carboxylic acids is 3. The maximum Gasteiger partial charge on any atom is 0.253 e. The number of hydrogen-bond acceptors (Lipinski definition) is 4. The van der Waals surface area contributed by atoms with E-state index < -0.39 is 0 Å². The second-order valence-corrected chi connectivity index (χ2v) is 9.54. The molecule has 2 fully saturated rings. The molecule has 0 radical (unpaired) electrons. The fraction of sp³-hybridized carbons (Fsp3) is 0.444. The first kappa shape index (κ1) is 22.4. The Hall–Kier alpha value is -3.35. The van der Waals surface area contributed by atoms with E-state index >= 15 is 0 Å². The van der Waals surface area contributed by atoms with Gasteiger partial charge in [-0.05, 0) is 68.4 Å². The summed E-state index contributed by atoms with van der Waals surface area (Å²) in [6.07, 6.45) is 4.87. The van der Waals surface area contributed by atoms with Crippen LogP contribution in [0.1, 0.15) is 53.6 Å². The number of benzene rings is 2. The van der Waals surface area contributed by atoms with E-state index in [4.69, 9.17) is 0 Å². The zero-order chi connectivity index (χ0) is 23.7. The SMILES string of the molecule is Cc1ccccc1CNC(=O)CN1C(=O)[C@H]2CCCCN2c2ccc(C(=O)N3CCCC3)cc21. The van der Waals surface area contributed by atoms with Crippen molar-refractivity contribution in [3.05, 3.63) is 59.2 Å². The van der Waals surface area contributed by atoms with Crippen molar-refractivity contribution in [3.63, 3.8) is 0 Å². The number of amides is 3. The molecule has 0 aromatic heterocycles. The molecule has 1 atom stereocenters. The van der Waals surface area contributed by atoms with Crippen LogP contribution in [0.3, 0.4) is 0 Å². The van der Waals surface area contributed by atoms with E-state index in [-0.39, 0.29) is 30.3 Å². The maximum absolute atomic E-state index is 13.5. The number of carbonyl (C=O) groups is 3. The van der Waals surface area contributed by atoms with Crippen molar-refractivity contribution in [1.29, 1.82) is 0 Å². The van der Waals surface area contributed by atoms with Gasteiger partial charge in [0.25, 0.3) is 5.91 Å². The molecule has 178 valence electrons. The van der Waals surface area contributed by atoms with Gasteiger partial charge < -0.3 is 15.1 Å². The Morgan fingerprint density at radius 3 is 2.53 bits per heavy atom. The van der Waals surface area contributed by atoms with Gasteiger partial charge in [0.15, 0.2) is 0 Å². The van der Waals surface area contributed by atoms with Crippen LogP contribution >= 0.6 is 0 Å². The Bertz CT molecular complexity index is 1110. The molecule has 0 saturated carbocycles. The summed E-state index contributed by atoms with van der Waals surface area (Å²) < 4.78 is 0. The summed E-state index contributed by atoms with van der Waals surface area (Å²) >= 11 is 0. The van der Waals surface area contributed by atoms with E-state index in [1.54, 1.807) is 4.90 Å². The quantitative estimate of drug-likeness (QED) is 0.744. The van der Waals surface area contributed by atoms with Crippen molar-refractivity contribution in [2.24, 2.45) is 0 Å². The lowest BCUT2D eigenvalue weighted by Crippen LogP contribution is -2.57. The van der Waals surface area contributed by atoms with Gasteiger partial charge in [0, 0.05) is 31.7 Å². The fourth-order valence-corrected chi connectivity index (χ4v) is 5.36. The molecule has 1 N–H and O–H groups in total. The third kappa shape index (κ3) is 4.27. The molecule has 0 aliphatic carbocycles. The van der Waals surface area contributed by atoms with Crippen LogP contribution in [0.4, 0.5) is 11.4 Å². The van der Waals surface area contributed by atoms with Crippen LogP contribution in [-0.4, -0.2) is 54.8 Å². The topological polar surface area (TPSA) is 73.0 Å². The van der Waals surface area contributed by atoms with Gasteiger partial charge in [-0.15, -0.1) is 0 Å². The normalized spacial score (nSPS) is 19.6. The Kier molecular flexibility index (Phi) is 6.26. The minimum atomic E-state index is -0.245. The molecule has 0 spiro atoms. The molecule has 7 nitrogen and oxygen atoms in total. The van der Waals surface area contributed by atoms with Crippen LogP contribution < -0.4 is 15.1 Å². The molecule has 2 saturated heterocycles. The van der Waals surface area contributed by atoms with Gasteiger partial charge in [-0.25, -0.2) is 0 Å². The lowest BCUT2D eigenvalue weighted by Gasteiger charge is -2.45. The van der Waals surface area contributed by atoms with E-state index in [9.17, 15) is 14.4 Å². The second-order valence-electron chi connectivity index (χ2n) is 9.54. The fourth-order valence-electron chi connectivity index (χ4n) is 5.36. The molecule has 3 aliphatic rings. The number of likely N-dealkylation sites (tertiary alicyclic amines) is 1. The predicted molar refractivity (Wildman–Crippen MR) is 132 cm³/mol. The van der Waals surface area contributed by atoms with Gasteiger partial charge in [0.05, 0.1) is 11.4 Å². The monoisotopic (exact) mass is 460 g/mol. The van der Waals surface area contributed by atoms with Crippen LogP contribution in [0, 0.1) is 6.92 Å². The van der Waals surface area contributed by atoms with Crippen LogP contribution in [0.25, 0.3) is 0 Å². The number of rotatable bonds is 5. The summed E-state index contributed by atoms with van der Waals surface area (Å²) in [6, 6.07) is 13.3. The molecular weight excluding hydrogens is 428 g/mol. The van der Waals surface area contributed by atoms with Crippen LogP contribution in [0.5, 0.6) is 0 Å². The van der Waals surface area contributed by atoms with Crippen molar-refractivity contribution < 1.29 is 14.4 Å². The molecule has 34 heavy (non-hydrogen) atoms. The minimum absolute atomic E-state index is 0.00234. The molecule has 2 aromatic carbocycles. The first-order valence-corrected chi connectivity index (χ1v) is 12.4. The van der Waals surface area contributed by atoms with Crippen molar-refractivity contribution >= 4 is 29.1 Å². The first-order valence-electron chi connectivity index (χ1n) is 12.4. The van der Waals surface area contributed by atoms with Crippen LogP contribution in [-0.2, 0) is 16.1 Å². The van der Waals surface area contributed by atoms with E-state index in [0.717, 1.165) is 68.6 Å². The number of aryl methyl sites for hydroxylation is 1. The number of piperidine rings is 1. The Labute approximate surface area is 200 Å². The first-order chi connectivity index (χ1) is 16.5. The molecule has 0 unspecified atom stereocenters. The average Bonchev–Trinajstić information content (AvgIpc) is 3.40. The van der Waals surface area contributed by atoms with Crippen molar-refractivity contribution in [1.82, 2.24) is 10.2 Å². The molecule has 7 heteroatoms. The standard InChI is InChI=1S/C27H32N4O3/c1-19-8-2-3-9-21(19)17-28-25(32)18-31-24-16-20(26(33)29-13-6-7-14-29)11-12-22(24)30-15-5-4-10-23(30)27(31)34/h2-3,8-9,11-12,16,23H,4-7,10,13-15,17-18H2,1H3,(H,28,32)/t23-/m1/s1. The zero-order valence-corrected chi connectivity index (χ0v) is 19.8. The van der Waals surface area contributed by atoms with E-state index in [2.05, 4.69) is 10.2 Å². The van der Waals surface area contributed by atoms with E-state index in [1.165, 1.54) is 0 Å². The van der Waals surface area contributed by atoms with Crippen molar-refractivity contribution in [2.45, 2.75) is 51.6 Å². The van der Waals surface area contributed by atoms with Gasteiger partial charge >= 0.3 is 0 Å². The lowest BCUT2D eigenvalue weighted by molar-refractivity contribution is -0.125. The summed E-state index contributed by atoms with van der Waals surface area (Å²) in [6.45, 7) is 4.74. The highest BCUT2D eigenvalue weighted by molar-refractivity contribution is 6.09. The third-order valence-electron chi connectivity index (χ3n) is 7.31. The molecular formula is C27H32N4O3. The third-order valence-corrected chi connectivity index (χ3v) is 7.31. The Balaban J connectivity index is 1.41. The van der Waals surface area contributed by atoms with E-state index in [0.29, 0.717) is 17.8 Å². The van der Waals surface area contributed by atoms with Gasteiger partial charge in [-0.1, -0.05) is 24.3 Å². The average molecular weight is 461 g/mol. The summed E-state index contributed by atoms with van der Waals surface area (Å²) in [4.78, 5) is 45.1. The van der Waals surface area contributed by atoms with Gasteiger partial charge in [-0.3, -0.25) is 19.3 Å². The highest BCUT2D eigenvalue weighted by atomic mass is 16.2. The highest BCUT2D eigenvalue weighted by Gasteiger charge is 2.40. The summed E-state index contributed by atoms with van der Waals surface area (Å²) in [7, 11) is 0. The van der Waals surface area contributed by atoms with Gasteiger partial charge in [0.2, 0.25) is 11.8 Å². The number of hydrogen-bond donors (Lipinski definition) is 1. The van der Waals surface area contributed by atoms with Crippen LogP contribution in [0.15, 0.2) is 42.5 Å². The predicted octanol–water partition coefficient (Wildman–Crippen LogP) is 3.25. The van der Waals surface area contributed by atoms with Crippen LogP contribution in [0.2, 0.25) is 0 Å². The number of anilines is 2. The lowest BCUT2D eigenvalue weighted by atomic mass is 9.95. The summed E-state index contributed by atoms with van der Waals surface area (Å²) in [5, 5.41) is 2.97. The number of nitrogens with zero attached hydrogens (tertiary/aromatic N) is 3. The summed E-state index contributed by atoms with van der Waals surface area (Å²) in [5.41, 5.74) is 4.35. The molecule has 5 rings (SSSR count). The maximum atomic E-state index is 13.5. The zero-order valence-electron chi connectivity index (χ0n) is 19.8. The number of fused-ring (bicyclic) bond motifs is 3. The highest BCUT2D eigenvalue weighted by Crippen LogP contribution is 2.40. The molecule has 3 amide bonds. The van der Waals surface area contributed by atoms with Crippen molar-refractivity contribution in [3.8, 4) is 0 Å². The Morgan fingerprint density at radius 2 is 1.74 bits per heavy atom. The number of nitrogens with one attached hydrogen (secondary N) is 1. The molecule has 2 aromatic rings. The van der Waals surface area contributed by atoms with Gasteiger partial charge in [0.1, 0.15) is 12.6 Å². The van der Waals surface area contributed by atoms with Crippen molar-refractivity contribution in [2.75, 3.05) is 36.0 Å². The minimum Gasteiger partial charge on any atom is -0.358 e. The Morgan fingerprint density at radius 1 is 0.971 bits per heavy atom. The second kappa shape index (κ2) is 9.49. The largest absolute Gasteiger partial charge is 0.358 e. The van der Waals surface area contributed by atoms with Gasteiger partial charge in [-0.2, -0.15) is 0 Å². The molecule has 3 aliphatic heterocycles. The van der Waals surface area contributed by atoms with E-state index in [1.807, 2.05) is 54.3 Å².